The predicted molar refractivity (Wildman–Crippen MR) is 94.3 cm³/mol. The van der Waals surface area contributed by atoms with Crippen molar-refractivity contribution in [1.29, 1.82) is 0 Å². The third kappa shape index (κ3) is 4.13. The number of aromatic nitrogens is 3. The van der Waals surface area contributed by atoms with Crippen LogP contribution in [0.5, 0.6) is 0 Å². The van der Waals surface area contributed by atoms with Crippen LogP contribution in [-0.2, 0) is 17.6 Å². The number of amides is 1. The smallest absolute Gasteiger partial charge is 0.221 e. The average Bonchev–Trinajstić information content (AvgIpc) is 3.25. The van der Waals surface area contributed by atoms with Crippen molar-refractivity contribution < 1.29 is 9.59 Å². The highest BCUT2D eigenvalue weighted by Crippen LogP contribution is 2.23. The molecule has 0 saturated heterocycles. The fraction of sp³-hybridized carbons (Fsp3) is 0.474. The van der Waals surface area contributed by atoms with Gasteiger partial charge >= 0.3 is 0 Å². The van der Waals surface area contributed by atoms with Gasteiger partial charge in [-0.3, -0.25) is 14.7 Å². The Kier molecular flexibility index (Phi) is 5.26. The highest BCUT2D eigenvalue weighted by atomic mass is 16.2. The summed E-state index contributed by atoms with van der Waals surface area (Å²) in [7, 11) is 0. The van der Waals surface area contributed by atoms with Gasteiger partial charge in [0, 0.05) is 18.4 Å². The van der Waals surface area contributed by atoms with Crippen LogP contribution in [0.4, 0.5) is 0 Å². The number of ketones is 1. The van der Waals surface area contributed by atoms with Crippen LogP contribution in [0.3, 0.4) is 0 Å². The van der Waals surface area contributed by atoms with E-state index in [1.807, 2.05) is 32.0 Å². The first-order valence-corrected chi connectivity index (χ1v) is 8.90. The van der Waals surface area contributed by atoms with Crippen molar-refractivity contribution in [2.75, 3.05) is 0 Å². The summed E-state index contributed by atoms with van der Waals surface area (Å²) in [6, 6.07) is 5.70. The number of hydrogen-bond acceptors (Lipinski definition) is 4. The van der Waals surface area contributed by atoms with E-state index >= 15 is 0 Å². The fourth-order valence-electron chi connectivity index (χ4n) is 3.25. The summed E-state index contributed by atoms with van der Waals surface area (Å²) >= 11 is 0. The molecule has 0 bridgehead atoms. The Morgan fingerprint density at radius 1 is 1.24 bits per heavy atom. The lowest BCUT2D eigenvalue weighted by atomic mass is 10.0. The van der Waals surface area contributed by atoms with E-state index < -0.39 is 0 Å². The minimum atomic E-state index is -0.229. The Morgan fingerprint density at radius 3 is 2.76 bits per heavy atom. The SMILES string of the molecule is CCC(NC(=O)CCC(=O)c1ccc2c(c1)CCC2)c1n[nH]c(C)n1. The number of carbonyl (C=O) groups excluding carboxylic acids is 2. The number of rotatable bonds is 7. The molecule has 1 aliphatic carbocycles. The molecule has 1 aromatic carbocycles. The van der Waals surface area contributed by atoms with E-state index in [-0.39, 0.29) is 30.6 Å². The number of Topliss-reactive ketones (excluding diaryl/α,β-unsaturated/α-hetero) is 1. The molecule has 1 heterocycles. The maximum Gasteiger partial charge on any atom is 0.221 e. The van der Waals surface area contributed by atoms with E-state index in [0.29, 0.717) is 17.8 Å². The number of hydrogen-bond donors (Lipinski definition) is 2. The molecule has 0 fully saturated rings. The first-order chi connectivity index (χ1) is 12.1. The molecule has 0 radical (unpaired) electrons. The number of H-pyrrole nitrogens is 1. The zero-order chi connectivity index (χ0) is 17.8. The van der Waals surface area contributed by atoms with E-state index in [4.69, 9.17) is 0 Å². The van der Waals surface area contributed by atoms with E-state index in [0.717, 1.165) is 25.1 Å². The third-order valence-corrected chi connectivity index (χ3v) is 4.67. The van der Waals surface area contributed by atoms with Gasteiger partial charge in [-0.25, -0.2) is 4.98 Å². The predicted octanol–water partition coefficient (Wildman–Crippen LogP) is 2.83. The lowest BCUT2D eigenvalue weighted by molar-refractivity contribution is -0.121. The monoisotopic (exact) mass is 340 g/mol. The van der Waals surface area contributed by atoms with Gasteiger partial charge < -0.3 is 5.32 Å². The molecule has 1 aromatic heterocycles. The van der Waals surface area contributed by atoms with Gasteiger partial charge in [0.15, 0.2) is 11.6 Å². The van der Waals surface area contributed by atoms with Gasteiger partial charge in [-0.1, -0.05) is 19.1 Å². The lowest BCUT2D eigenvalue weighted by Crippen LogP contribution is -2.29. The molecule has 1 amide bonds. The molecule has 1 aliphatic rings. The molecular formula is C19H24N4O2. The highest BCUT2D eigenvalue weighted by molar-refractivity contribution is 5.98. The fourth-order valence-corrected chi connectivity index (χ4v) is 3.25. The van der Waals surface area contributed by atoms with Gasteiger partial charge in [-0.05, 0) is 49.8 Å². The van der Waals surface area contributed by atoms with E-state index in [1.165, 1.54) is 11.1 Å². The summed E-state index contributed by atoms with van der Waals surface area (Å²) < 4.78 is 0. The summed E-state index contributed by atoms with van der Waals surface area (Å²) in [5.74, 6) is 1.17. The van der Waals surface area contributed by atoms with Crippen molar-refractivity contribution in [2.24, 2.45) is 0 Å². The van der Waals surface area contributed by atoms with E-state index in [2.05, 4.69) is 20.5 Å². The highest BCUT2D eigenvalue weighted by Gasteiger charge is 2.18. The zero-order valence-electron chi connectivity index (χ0n) is 14.8. The Balaban J connectivity index is 1.53. The summed E-state index contributed by atoms with van der Waals surface area (Å²) in [5.41, 5.74) is 3.34. The Morgan fingerprint density at radius 2 is 2.04 bits per heavy atom. The second-order valence-corrected chi connectivity index (χ2v) is 6.57. The van der Waals surface area contributed by atoms with Gasteiger partial charge in [0.05, 0.1) is 6.04 Å². The Labute approximate surface area is 147 Å². The van der Waals surface area contributed by atoms with Crippen molar-refractivity contribution in [2.45, 2.75) is 58.4 Å². The molecule has 132 valence electrons. The maximum absolute atomic E-state index is 12.4. The molecule has 2 aromatic rings. The van der Waals surface area contributed by atoms with Crippen LogP contribution >= 0.6 is 0 Å². The lowest BCUT2D eigenvalue weighted by Gasteiger charge is -2.13. The minimum Gasteiger partial charge on any atom is -0.346 e. The summed E-state index contributed by atoms with van der Waals surface area (Å²) in [4.78, 5) is 28.8. The molecule has 25 heavy (non-hydrogen) atoms. The quantitative estimate of drug-likeness (QED) is 0.759. The second-order valence-electron chi connectivity index (χ2n) is 6.57. The maximum atomic E-state index is 12.4. The number of nitrogens with one attached hydrogen (secondary N) is 2. The molecule has 2 N–H and O–H groups in total. The summed E-state index contributed by atoms with van der Waals surface area (Å²) in [6.45, 7) is 3.78. The zero-order valence-corrected chi connectivity index (χ0v) is 14.8. The number of aromatic amines is 1. The van der Waals surface area contributed by atoms with Crippen LogP contribution < -0.4 is 5.32 Å². The first-order valence-electron chi connectivity index (χ1n) is 8.90. The second kappa shape index (κ2) is 7.59. The summed E-state index contributed by atoms with van der Waals surface area (Å²) in [5, 5.41) is 9.79. The first kappa shape index (κ1) is 17.3. The van der Waals surface area contributed by atoms with Crippen molar-refractivity contribution in [1.82, 2.24) is 20.5 Å². The van der Waals surface area contributed by atoms with Crippen LogP contribution in [0.2, 0.25) is 0 Å². The molecule has 3 rings (SSSR count). The molecule has 0 aliphatic heterocycles. The van der Waals surface area contributed by atoms with Gasteiger partial charge in [0.1, 0.15) is 5.82 Å². The molecule has 1 atom stereocenters. The minimum absolute atomic E-state index is 0.0200. The topological polar surface area (TPSA) is 87.7 Å². The van der Waals surface area contributed by atoms with Gasteiger partial charge in [-0.2, -0.15) is 5.10 Å². The van der Waals surface area contributed by atoms with Crippen molar-refractivity contribution in [3.63, 3.8) is 0 Å². The number of carbonyl (C=O) groups is 2. The van der Waals surface area contributed by atoms with Crippen LogP contribution in [0.1, 0.15) is 71.8 Å². The van der Waals surface area contributed by atoms with Crippen molar-refractivity contribution in [3.8, 4) is 0 Å². The molecule has 1 unspecified atom stereocenters. The van der Waals surface area contributed by atoms with Gasteiger partial charge in [-0.15, -0.1) is 0 Å². The van der Waals surface area contributed by atoms with E-state index in [9.17, 15) is 9.59 Å². The molecule has 6 heteroatoms. The standard InChI is InChI=1S/C19H24N4O2/c1-3-16(19-20-12(2)22-23-19)21-18(25)10-9-17(24)15-8-7-13-5-4-6-14(13)11-15/h7-8,11,16H,3-6,9-10H2,1-2H3,(H,21,25)(H,20,22,23). The molecule has 0 spiro atoms. The Bertz CT molecular complexity index is 781. The normalized spacial score (nSPS) is 14.2. The van der Waals surface area contributed by atoms with Crippen molar-refractivity contribution in [3.05, 3.63) is 46.5 Å². The number of fused-ring (bicyclic) bond motifs is 1. The molecule has 6 nitrogen and oxygen atoms in total. The number of benzene rings is 1. The number of aryl methyl sites for hydroxylation is 3. The molecule has 0 saturated carbocycles. The van der Waals surface area contributed by atoms with Crippen LogP contribution in [-0.4, -0.2) is 26.9 Å². The van der Waals surface area contributed by atoms with Crippen LogP contribution in [0.15, 0.2) is 18.2 Å². The largest absolute Gasteiger partial charge is 0.346 e. The van der Waals surface area contributed by atoms with Crippen LogP contribution in [0.25, 0.3) is 0 Å². The van der Waals surface area contributed by atoms with Gasteiger partial charge in [0.25, 0.3) is 0 Å². The number of nitrogens with zero attached hydrogens (tertiary/aromatic N) is 2. The third-order valence-electron chi connectivity index (χ3n) is 4.67. The van der Waals surface area contributed by atoms with Crippen LogP contribution in [0, 0.1) is 6.92 Å². The molecular weight excluding hydrogens is 316 g/mol. The Hall–Kier alpha value is -2.50. The average molecular weight is 340 g/mol. The summed E-state index contributed by atoms with van der Waals surface area (Å²) in [6.07, 6.45) is 4.40. The van der Waals surface area contributed by atoms with Crippen molar-refractivity contribution >= 4 is 11.7 Å². The van der Waals surface area contributed by atoms with E-state index in [1.54, 1.807) is 0 Å². The van der Waals surface area contributed by atoms with Gasteiger partial charge in [0.2, 0.25) is 5.91 Å².